The van der Waals surface area contributed by atoms with Crippen molar-refractivity contribution in [3.05, 3.63) is 69.9 Å². The molecule has 0 fully saturated rings. The van der Waals surface area contributed by atoms with Crippen LogP contribution < -0.4 is 20.1 Å². The Hall–Kier alpha value is -3.19. The van der Waals surface area contributed by atoms with E-state index in [1.54, 1.807) is 51.3 Å². The molecule has 0 bridgehead atoms. The Labute approximate surface area is 199 Å². The van der Waals surface area contributed by atoms with Crippen LogP contribution in [-0.4, -0.2) is 25.2 Å². The van der Waals surface area contributed by atoms with Gasteiger partial charge in [0.2, 0.25) is 0 Å². The van der Waals surface area contributed by atoms with Gasteiger partial charge in [0.15, 0.2) is 11.5 Å². The lowest BCUT2D eigenvalue weighted by molar-refractivity contribution is -0.143. The highest BCUT2D eigenvalue weighted by Gasteiger charge is 2.35. The van der Waals surface area contributed by atoms with Crippen molar-refractivity contribution >= 4 is 23.6 Å². The molecule has 1 aliphatic rings. The molecule has 33 heavy (non-hydrogen) atoms. The van der Waals surface area contributed by atoms with Gasteiger partial charge in [-0.05, 0) is 55.2 Å². The molecule has 7 nitrogen and oxygen atoms in total. The van der Waals surface area contributed by atoms with E-state index in [2.05, 4.69) is 10.6 Å². The number of nitrogens with one attached hydrogen (secondary N) is 2. The summed E-state index contributed by atoms with van der Waals surface area (Å²) in [5, 5.41) is 6.26. The second-order valence-electron chi connectivity index (χ2n) is 8.29. The number of carbonyl (C=O) groups excluding carboxylic acids is 2. The number of ether oxygens (including phenoxy) is 3. The van der Waals surface area contributed by atoms with Crippen LogP contribution in [0.2, 0.25) is 5.02 Å². The number of amides is 2. The largest absolute Gasteiger partial charge is 0.493 e. The first-order valence-corrected chi connectivity index (χ1v) is 11.1. The van der Waals surface area contributed by atoms with Gasteiger partial charge in [0, 0.05) is 10.7 Å². The minimum Gasteiger partial charge on any atom is -0.493 e. The summed E-state index contributed by atoms with van der Waals surface area (Å²) < 4.78 is 17.0. The van der Waals surface area contributed by atoms with Gasteiger partial charge in [0.1, 0.15) is 6.61 Å². The molecule has 1 aliphatic heterocycles. The number of urea groups is 1. The van der Waals surface area contributed by atoms with Gasteiger partial charge in [-0.25, -0.2) is 9.59 Å². The summed E-state index contributed by atoms with van der Waals surface area (Å²) in [4.78, 5) is 25.4. The van der Waals surface area contributed by atoms with E-state index in [1.807, 2.05) is 26.0 Å². The predicted octanol–water partition coefficient (Wildman–Crippen LogP) is 5.14. The fourth-order valence-corrected chi connectivity index (χ4v) is 3.65. The summed E-state index contributed by atoms with van der Waals surface area (Å²) in [6, 6.07) is 11.6. The summed E-state index contributed by atoms with van der Waals surface area (Å²) >= 11 is 5.96. The molecule has 0 saturated heterocycles. The quantitative estimate of drug-likeness (QED) is 0.519. The van der Waals surface area contributed by atoms with Crippen molar-refractivity contribution in [2.24, 2.45) is 5.92 Å². The number of methoxy groups -OCH3 is 1. The molecule has 0 aromatic heterocycles. The fraction of sp³-hybridized carbons (Fsp3) is 0.360. The normalized spacial score (nSPS) is 15.9. The minimum atomic E-state index is -0.703. The molecule has 0 radical (unpaired) electrons. The molecule has 8 heteroatoms. The predicted molar refractivity (Wildman–Crippen MR) is 126 cm³/mol. The lowest BCUT2D eigenvalue weighted by Crippen LogP contribution is -2.47. The van der Waals surface area contributed by atoms with E-state index in [0.717, 1.165) is 5.56 Å². The SMILES string of the molecule is COc1ccc(C2NC(=O)NC(C(C)C)=C2C(=O)OC(C)C)cc1OCc1ccc(Cl)cc1. The van der Waals surface area contributed by atoms with Crippen LogP contribution in [0.25, 0.3) is 0 Å². The van der Waals surface area contributed by atoms with Crippen molar-refractivity contribution in [2.75, 3.05) is 7.11 Å². The van der Waals surface area contributed by atoms with Crippen LogP contribution in [0.4, 0.5) is 4.79 Å². The third kappa shape index (κ3) is 5.99. The number of benzene rings is 2. The van der Waals surface area contributed by atoms with Crippen LogP contribution in [0.1, 0.15) is 44.9 Å². The van der Waals surface area contributed by atoms with Gasteiger partial charge in [-0.2, -0.15) is 0 Å². The van der Waals surface area contributed by atoms with Crippen molar-refractivity contribution in [3.8, 4) is 11.5 Å². The third-order valence-electron chi connectivity index (χ3n) is 5.07. The molecule has 1 heterocycles. The summed E-state index contributed by atoms with van der Waals surface area (Å²) in [6.45, 7) is 7.69. The maximum absolute atomic E-state index is 13.0. The van der Waals surface area contributed by atoms with Crippen LogP contribution in [-0.2, 0) is 16.1 Å². The van der Waals surface area contributed by atoms with Gasteiger partial charge in [0.05, 0.1) is 24.8 Å². The molecule has 0 spiro atoms. The Kier molecular flexibility index (Phi) is 7.87. The second kappa shape index (κ2) is 10.6. The van der Waals surface area contributed by atoms with E-state index in [1.165, 1.54) is 0 Å². The maximum Gasteiger partial charge on any atom is 0.338 e. The van der Waals surface area contributed by atoms with E-state index in [0.29, 0.717) is 40.0 Å². The zero-order chi connectivity index (χ0) is 24.1. The number of rotatable bonds is 8. The van der Waals surface area contributed by atoms with Gasteiger partial charge < -0.3 is 24.8 Å². The molecule has 0 saturated carbocycles. The monoisotopic (exact) mass is 472 g/mol. The Bertz CT molecular complexity index is 1050. The molecule has 1 atom stereocenters. The highest BCUT2D eigenvalue weighted by Crippen LogP contribution is 2.36. The van der Waals surface area contributed by atoms with Gasteiger partial charge in [-0.3, -0.25) is 0 Å². The molecule has 0 aliphatic carbocycles. The Morgan fingerprint density at radius 3 is 2.36 bits per heavy atom. The zero-order valence-corrected chi connectivity index (χ0v) is 20.2. The van der Waals surface area contributed by atoms with Gasteiger partial charge >= 0.3 is 12.0 Å². The number of hydrogen-bond acceptors (Lipinski definition) is 5. The van der Waals surface area contributed by atoms with E-state index in [9.17, 15) is 9.59 Å². The standard InChI is InChI=1S/C25H29ClN2O5/c1-14(2)22-21(24(29)33-15(3)4)23(28-25(30)27-22)17-8-11-19(31-5)20(12-17)32-13-16-6-9-18(26)10-7-16/h6-12,14-15,23H,13H2,1-5H3,(H2,27,28,30). The highest BCUT2D eigenvalue weighted by atomic mass is 35.5. The summed E-state index contributed by atoms with van der Waals surface area (Å²) in [6.07, 6.45) is -0.300. The smallest absolute Gasteiger partial charge is 0.338 e. The molecular formula is C25H29ClN2O5. The van der Waals surface area contributed by atoms with E-state index in [-0.39, 0.29) is 18.1 Å². The molecule has 2 N–H and O–H groups in total. The number of esters is 1. The average molecular weight is 473 g/mol. The van der Waals surface area contributed by atoms with Crippen LogP contribution in [0.5, 0.6) is 11.5 Å². The number of carbonyl (C=O) groups is 2. The molecule has 2 aromatic rings. The van der Waals surface area contributed by atoms with Crippen molar-refractivity contribution in [1.82, 2.24) is 10.6 Å². The summed E-state index contributed by atoms with van der Waals surface area (Å²) in [5.41, 5.74) is 2.51. The van der Waals surface area contributed by atoms with Crippen molar-refractivity contribution in [2.45, 2.75) is 46.4 Å². The lowest BCUT2D eigenvalue weighted by Gasteiger charge is -2.31. The van der Waals surface area contributed by atoms with E-state index < -0.39 is 12.0 Å². The number of allylic oxidation sites excluding steroid dienone is 1. The number of halogens is 1. The summed E-state index contributed by atoms with van der Waals surface area (Å²) in [5.74, 6) is 0.450. The molecular weight excluding hydrogens is 444 g/mol. The van der Waals surface area contributed by atoms with Gasteiger partial charge in [0.25, 0.3) is 0 Å². The Morgan fingerprint density at radius 1 is 1.06 bits per heavy atom. The first-order valence-electron chi connectivity index (χ1n) is 10.8. The second-order valence-corrected chi connectivity index (χ2v) is 8.73. The van der Waals surface area contributed by atoms with Gasteiger partial charge in [-0.1, -0.05) is 43.6 Å². The molecule has 2 amide bonds. The van der Waals surface area contributed by atoms with Crippen molar-refractivity contribution < 1.29 is 23.8 Å². The topological polar surface area (TPSA) is 85.9 Å². The Morgan fingerprint density at radius 2 is 1.76 bits per heavy atom. The van der Waals surface area contributed by atoms with E-state index in [4.69, 9.17) is 25.8 Å². The zero-order valence-electron chi connectivity index (χ0n) is 19.4. The molecule has 176 valence electrons. The first-order chi connectivity index (χ1) is 15.7. The van der Waals surface area contributed by atoms with Gasteiger partial charge in [-0.15, -0.1) is 0 Å². The molecule has 1 unspecified atom stereocenters. The summed E-state index contributed by atoms with van der Waals surface area (Å²) in [7, 11) is 1.55. The van der Waals surface area contributed by atoms with Crippen LogP contribution >= 0.6 is 11.6 Å². The van der Waals surface area contributed by atoms with Crippen LogP contribution in [0.15, 0.2) is 53.7 Å². The average Bonchev–Trinajstić information content (AvgIpc) is 2.77. The van der Waals surface area contributed by atoms with Crippen LogP contribution in [0.3, 0.4) is 0 Å². The lowest BCUT2D eigenvalue weighted by atomic mass is 9.91. The minimum absolute atomic E-state index is 0.0906. The molecule has 3 rings (SSSR count). The van der Waals surface area contributed by atoms with E-state index >= 15 is 0 Å². The number of hydrogen-bond donors (Lipinski definition) is 2. The van der Waals surface area contributed by atoms with Crippen LogP contribution in [0, 0.1) is 5.92 Å². The highest BCUT2D eigenvalue weighted by molar-refractivity contribution is 6.30. The Balaban J connectivity index is 1.98. The first kappa shape index (κ1) is 24.5. The van der Waals surface area contributed by atoms with Crippen molar-refractivity contribution in [3.63, 3.8) is 0 Å². The molecule has 2 aromatic carbocycles. The van der Waals surface area contributed by atoms with Crippen molar-refractivity contribution in [1.29, 1.82) is 0 Å². The third-order valence-corrected chi connectivity index (χ3v) is 5.32. The maximum atomic E-state index is 13.0. The fourth-order valence-electron chi connectivity index (χ4n) is 3.52.